The number of imidazole rings is 1. The second kappa shape index (κ2) is 6.00. The van der Waals surface area contributed by atoms with Crippen LogP contribution < -0.4 is 10.1 Å². The summed E-state index contributed by atoms with van der Waals surface area (Å²) in [6, 6.07) is 15.2. The zero-order valence-electron chi connectivity index (χ0n) is 13.0. The third kappa shape index (κ3) is 3.03. The smallest absolute Gasteiger partial charge is 0.224 e. The lowest BCUT2D eigenvalue weighted by Crippen LogP contribution is -1.99. The number of rotatable bonds is 4. The zero-order chi connectivity index (χ0) is 16.4. The average molecular weight is 319 g/mol. The van der Waals surface area contributed by atoms with Crippen LogP contribution in [-0.2, 0) is 0 Å². The number of nitrogens with zero attached hydrogens (tertiary/aromatic N) is 4. The molecule has 0 radical (unpaired) electrons. The van der Waals surface area contributed by atoms with Gasteiger partial charge in [-0.25, -0.2) is 9.97 Å². The molecule has 1 aromatic carbocycles. The summed E-state index contributed by atoms with van der Waals surface area (Å²) in [5, 5.41) is 3.27. The van der Waals surface area contributed by atoms with Gasteiger partial charge in [0.15, 0.2) is 0 Å². The van der Waals surface area contributed by atoms with E-state index in [1.165, 1.54) is 0 Å². The monoisotopic (exact) mass is 319 g/mol. The van der Waals surface area contributed by atoms with Crippen molar-refractivity contribution in [3.63, 3.8) is 0 Å². The van der Waals surface area contributed by atoms with E-state index in [9.17, 15) is 0 Å². The number of nitrogens with one attached hydrogen (secondary N) is 1. The van der Waals surface area contributed by atoms with Gasteiger partial charge in [-0.05, 0) is 25.1 Å². The van der Waals surface area contributed by atoms with Gasteiger partial charge in [0.25, 0.3) is 0 Å². The molecule has 0 unspecified atom stereocenters. The van der Waals surface area contributed by atoms with Gasteiger partial charge in [-0.15, -0.1) is 0 Å². The van der Waals surface area contributed by atoms with Crippen molar-refractivity contribution in [1.82, 2.24) is 19.4 Å². The molecule has 0 fully saturated rings. The Balaban J connectivity index is 0.00000182. The first kappa shape index (κ1) is 14.2. The van der Waals surface area contributed by atoms with Crippen molar-refractivity contribution in [2.45, 2.75) is 6.92 Å². The van der Waals surface area contributed by atoms with Crippen LogP contribution in [0.15, 0.2) is 67.1 Å². The molecule has 6 nitrogen and oxygen atoms in total. The number of fused-ring (bicyclic) bond motifs is 1. The van der Waals surface area contributed by atoms with Gasteiger partial charge < -0.3 is 14.5 Å². The molecule has 24 heavy (non-hydrogen) atoms. The van der Waals surface area contributed by atoms with Crippen molar-refractivity contribution in [3.8, 4) is 11.6 Å². The third-order valence-corrected chi connectivity index (χ3v) is 3.45. The Kier molecular flexibility index (Phi) is 3.55. The minimum atomic E-state index is 0. The van der Waals surface area contributed by atoms with Crippen LogP contribution in [0.1, 0.15) is 7.25 Å². The first-order valence-corrected chi connectivity index (χ1v) is 7.55. The number of pyridine rings is 1. The Hall–Kier alpha value is -3.41. The summed E-state index contributed by atoms with van der Waals surface area (Å²) < 4.78 is 7.73. The predicted molar refractivity (Wildman–Crippen MR) is 93.9 cm³/mol. The number of benzene rings is 1. The van der Waals surface area contributed by atoms with E-state index in [0.717, 1.165) is 17.1 Å². The summed E-state index contributed by atoms with van der Waals surface area (Å²) in [5.41, 5.74) is 1.77. The zero-order valence-corrected chi connectivity index (χ0v) is 13.0. The number of aryl methyl sites for hydroxylation is 1. The topological polar surface area (TPSA) is 64.3 Å². The average Bonchev–Trinajstić information content (AvgIpc) is 3.03. The highest BCUT2D eigenvalue weighted by molar-refractivity contribution is 5.61. The molecule has 3 heterocycles. The number of hydrogen-bond donors (Lipinski definition) is 1. The van der Waals surface area contributed by atoms with Crippen LogP contribution in [0.5, 0.6) is 11.6 Å². The van der Waals surface area contributed by atoms with Crippen molar-refractivity contribution in [2.24, 2.45) is 0 Å². The van der Waals surface area contributed by atoms with Crippen molar-refractivity contribution in [2.75, 3.05) is 5.32 Å². The maximum atomic E-state index is 5.79. The molecule has 4 rings (SSSR count). The Bertz CT molecular complexity index is 987. The van der Waals surface area contributed by atoms with E-state index in [0.29, 0.717) is 17.5 Å². The molecule has 0 atom stereocenters. The molecule has 6 heteroatoms. The summed E-state index contributed by atoms with van der Waals surface area (Å²) in [5.74, 6) is 2.54. The molecule has 0 bridgehead atoms. The molecule has 120 valence electrons. The molecular formula is C18H17N5O. The number of hydrogen-bond acceptors (Lipinski definition) is 5. The van der Waals surface area contributed by atoms with Gasteiger partial charge in [0.1, 0.15) is 23.0 Å². The molecule has 4 aromatic rings. The molecule has 0 saturated heterocycles. The minimum Gasteiger partial charge on any atom is -0.439 e. The van der Waals surface area contributed by atoms with Gasteiger partial charge in [-0.1, -0.05) is 18.2 Å². The molecule has 1 N–H and O–H groups in total. The standard InChI is InChI=1S/C18H15N5O.H2/c1-13-20-16(12-18(21-13)24-15-5-3-2-4-6-15)22-14-7-9-23-10-8-19-17(23)11-14;/h2-12H,1H3,(H,20,21,22);1H. The molecule has 0 aliphatic carbocycles. The first-order chi connectivity index (χ1) is 11.8. The fraction of sp³-hybridized carbons (Fsp3) is 0.0556. The van der Waals surface area contributed by atoms with Gasteiger partial charge in [0.2, 0.25) is 5.88 Å². The second-order valence-electron chi connectivity index (χ2n) is 5.29. The van der Waals surface area contributed by atoms with E-state index in [2.05, 4.69) is 20.3 Å². The second-order valence-corrected chi connectivity index (χ2v) is 5.29. The summed E-state index contributed by atoms with van der Waals surface area (Å²) in [6.07, 6.45) is 5.61. The van der Waals surface area contributed by atoms with Crippen molar-refractivity contribution in [3.05, 3.63) is 72.9 Å². The SMILES string of the molecule is Cc1nc(Nc2ccn3ccnc3c2)cc(Oc2ccccc2)n1.[HH]. The third-order valence-electron chi connectivity index (χ3n) is 3.45. The summed E-state index contributed by atoms with van der Waals surface area (Å²) in [7, 11) is 0. The quantitative estimate of drug-likeness (QED) is 0.610. The predicted octanol–water partition coefficient (Wildman–Crippen LogP) is 4.21. The van der Waals surface area contributed by atoms with Crippen molar-refractivity contribution in [1.29, 1.82) is 0 Å². The van der Waals surface area contributed by atoms with Crippen molar-refractivity contribution >= 4 is 17.2 Å². The Morgan fingerprint density at radius 1 is 1.04 bits per heavy atom. The Morgan fingerprint density at radius 2 is 1.92 bits per heavy atom. The minimum absolute atomic E-state index is 0. The van der Waals surface area contributed by atoms with Gasteiger partial charge >= 0.3 is 0 Å². The number of para-hydroxylation sites is 1. The van der Waals surface area contributed by atoms with Crippen LogP contribution in [-0.4, -0.2) is 19.4 Å². The van der Waals surface area contributed by atoms with E-state index >= 15 is 0 Å². The van der Waals surface area contributed by atoms with Crippen LogP contribution >= 0.6 is 0 Å². The van der Waals surface area contributed by atoms with Crippen molar-refractivity contribution < 1.29 is 6.16 Å². The molecule has 0 saturated carbocycles. The van der Waals surface area contributed by atoms with Gasteiger partial charge in [0.05, 0.1) is 0 Å². The van der Waals surface area contributed by atoms with Crippen LogP contribution in [0.2, 0.25) is 0 Å². The molecule has 0 aliphatic rings. The van der Waals surface area contributed by atoms with E-state index in [1.807, 2.05) is 66.2 Å². The van der Waals surface area contributed by atoms with E-state index in [1.54, 1.807) is 12.3 Å². The van der Waals surface area contributed by atoms with Crippen LogP contribution in [0.25, 0.3) is 5.65 Å². The van der Waals surface area contributed by atoms with Crippen LogP contribution in [0, 0.1) is 6.92 Å². The van der Waals surface area contributed by atoms with Crippen LogP contribution in [0.4, 0.5) is 11.5 Å². The van der Waals surface area contributed by atoms with Gasteiger partial charge in [-0.2, -0.15) is 4.98 Å². The summed E-state index contributed by atoms with van der Waals surface area (Å²) >= 11 is 0. The van der Waals surface area contributed by atoms with Crippen LogP contribution in [0.3, 0.4) is 0 Å². The highest BCUT2D eigenvalue weighted by Crippen LogP contribution is 2.23. The lowest BCUT2D eigenvalue weighted by atomic mass is 10.3. The van der Waals surface area contributed by atoms with Gasteiger partial charge in [0, 0.05) is 37.8 Å². The summed E-state index contributed by atoms with van der Waals surface area (Å²) in [6.45, 7) is 1.83. The van der Waals surface area contributed by atoms with E-state index < -0.39 is 0 Å². The van der Waals surface area contributed by atoms with Gasteiger partial charge in [-0.3, -0.25) is 0 Å². The number of anilines is 2. The first-order valence-electron chi connectivity index (χ1n) is 7.55. The number of aromatic nitrogens is 4. The summed E-state index contributed by atoms with van der Waals surface area (Å²) in [4.78, 5) is 13.0. The largest absolute Gasteiger partial charge is 0.439 e. The molecule has 0 spiro atoms. The van der Waals surface area contributed by atoms with E-state index in [-0.39, 0.29) is 1.43 Å². The number of ether oxygens (including phenoxy) is 1. The molecule has 3 aromatic heterocycles. The highest BCUT2D eigenvalue weighted by atomic mass is 16.5. The Morgan fingerprint density at radius 3 is 2.79 bits per heavy atom. The highest BCUT2D eigenvalue weighted by Gasteiger charge is 2.05. The molecule has 0 amide bonds. The normalized spacial score (nSPS) is 10.7. The maximum Gasteiger partial charge on any atom is 0.224 e. The fourth-order valence-corrected chi connectivity index (χ4v) is 2.40. The lowest BCUT2D eigenvalue weighted by Gasteiger charge is -2.09. The molecular weight excluding hydrogens is 302 g/mol. The van der Waals surface area contributed by atoms with E-state index in [4.69, 9.17) is 4.74 Å². The maximum absolute atomic E-state index is 5.79. The Labute approximate surface area is 140 Å². The lowest BCUT2D eigenvalue weighted by molar-refractivity contribution is 0.460. The molecule has 0 aliphatic heterocycles. The fourth-order valence-electron chi connectivity index (χ4n) is 2.40.